The smallest absolute Gasteiger partial charge is 0.304 e. The van der Waals surface area contributed by atoms with Crippen molar-refractivity contribution in [3.63, 3.8) is 0 Å². The number of hydrogen-bond acceptors (Lipinski definition) is 8. The lowest BCUT2D eigenvalue weighted by Crippen LogP contribution is -2.36. The molecule has 1 aromatic rings. The highest BCUT2D eigenvalue weighted by Gasteiger charge is 2.29. The molecule has 0 aromatic carbocycles. The highest BCUT2D eigenvalue weighted by molar-refractivity contribution is 7.91. The van der Waals surface area contributed by atoms with Crippen molar-refractivity contribution in [1.82, 2.24) is 4.31 Å². The highest BCUT2D eigenvalue weighted by Crippen LogP contribution is 2.35. The van der Waals surface area contributed by atoms with E-state index in [1.54, 1.807) is 0 Å². The van der Waals surface area contributed by atoms with Crippen LogP contribution in [0.4, 0.5) is 10.7 Å². The maximum absolute atomic E-state index is 12.5. The molecule has 0 saturated heterocycles. The van der Waals surface area contributed by atoms with Crippen LogP contribution in [-0.4, -0.2) is 58.2 Å². The van der Waals surface area contributed by atoms with Crippen LogP contribution in [-0.2, 0) is 19.5 Å². The Kier molecular flexibility index (Phi) is 6.48. The molecule has 0 aliphatic rings. The van der Waals surface area contributed by atoms with Crippen molar-refractivity contribution in [2.75, 3.05) is 46.3 Å². The average molecular weight is 339 g/mol. The second kappa shape index (κ2) is 7.66. The number of hydrogen-bond donors (Lipinski definition) is 1. The number of nitrogen functional groups attached to an aromatic ring is 1. The molecule has 0 spiro atoms. The first-order chi connectivity index (χ1) is 9.84. The molecular weight excluding hydrogens is 322 g/mol. The summed E-state index contributed by atoms with van der Waals surface area (Å²) < 4.78 is 35.7. The molecule has 0 atom stereocenters. The van der Waals surface area contributed by atoms with Crippen LogP contribution in [0, 0.1) is 10.1 Å². The molecule has 2 N–H and O–H groups in total. The Morgan fingerprint density at radius 2 is 1.86 bits per heavy atom. The Labute approximate surface area is 126 Å². The van der Waals surface area contributed by atoms with Gasteiger partial charge >= 0.3 is 5.69 Å². The van der Waals surface area contributed by atoms with Crippen molar-refractivity contribution in [3.8, 4) is 0 Å². The van der Waals surface area contributed by atoms with Crippen LogP contribution < -0.4 is 5.73 Å². The molecule has 0 aliphatic heterocycles. The number of nitro groups is 1. The van der Waals surface area contributed by atoms with Crippen LogP contribution in [0.2, 0.25) is 0 Å². The monoisotopic (exact) mass is 339 g/mol. The molecule has 9 nitrogen and oxygen atoms in total. The summed E-state index contributed by atoms with van der Waals surface area (Å²) in [5, 5.41) is 10.6. The Morgan fingerprint density at radius 1 is 1.33 bits per heavy atom. The number of nitrogens with two attached hydrogens (primary N) is 1. The van der Waals surface area contributed by atoms with Gasteiger partial charge in [-0.15, -0.1) is 0 Å². The van der Waals surface area contributed by atoms with Gasteiger partial charge in [0.1, 0.15) is 4.21 Å². The first kappa shape index (κ1) is 17.8. The van der Waals surface area contributed by atoms with Crippen molar-refractivity contribution in [2.24, 2.45) is 0 Å². The SMILES string of the molecule is COCCN(CCOC)S(=O)(=O)c1cc([N+](=O)[O-])c(N)s1. The van der Waals surface area contributed by atoms with Gasteiger partial charge in [0.2, 0.25) is 0 Å². The first-order valence-corrected chi connectivity index (χ1v) is 8.12. The van der Waals surface area contributed by atoms with Crippen molar-refractivity contribution in [1.29, 1.82) is 0 Å². The highest BCUT2D eigenvalue weighted by atomic mass is 32.2. The Bertz CT molecular complexity index is 578. The lowest BCUT2D eigenvalue weighted by Gasteiger charge is -2.20. The number of thiophene rings is 1. The Morgan fingerprint density at radius 3 is 2.24 bits per heavy atom. The van der Waals surface area contributed by atoms with Gasteiger partial charge in [-0.2, -0.15) is 4.31 Å². The second-order valence-electron chi connectivity index (χ2n) is 3.96. The molecule has 0 unspecified atom stereocenters. The zero-order chi connectivity index (χ0) is 16.0. The second-order valence-corrected chi connectivity index (χ2v) is 7.21. The third-order valence-electron chi connectivity index (χ3n) is 2.60. The van der Waals surface area contributed by atoms with E-state index in [1.165, 1.54) is 14.2 Å². The predicted octanol–water partition coefficient (Wildman–Crippen LogP) is 0.522. The average Bonchev–Trinajstić information content (AvgIpc) is 2.81. The summed E-state index contributed by atoms with van der Waals surface area (Å²) in [4.78, 5) is 10.1. The Hall–Kier alpha value is -1.27. The molecule has 1 heterocycles. The number of anilines is 1. The molecule has 21 heavy (non-hydrogen) atoms. The predicted molar refractivity (Wildman–Crippen MR) is 77.9 cm³/mol. The summed E-state index contributed by atoms with van der Waals surface area (Å²) in [6.45, 7) is 0.638. The summed E-state index contributed by atoms with van der Waals surface area (Å²) in [7, 11) is -0.966. The normalized spacial score (nSPS) is 12.0. The zero-order valence-corrected chi connectivity index (χ0v) is 13.3. The number of sulfonamides is 1. The summed E-state index contributed by atoms with van der Waals surface area (Å²) in [6, 6.07) is 0.974. The largest absolute Gasteiger partial charge is 0.385 e. The minimum Gasteiger partial charge on any atom is -0.385 e. The van der Waals surface area contributed by atoms with Crippen LogP contribution in [0.1, 0.15) is 0 Å². The van der Waals surface area contributed by atoms with Crippen molar-refractivity contribution in [3.05, 3.63) is 16.2 Å². The number of methoxy groups -OCH3 is 2. The topological polar surface area (TPSA) is 125 Å². The van der Waals surface area contributed by atoms with E-state index in [-0.39, 0.29) is 35.5 Å². The number of nitrogens with zero attached hydrogens (tertiary/aromatic N) is 2. The van der Waals surface area contributed by atoms with E-state index in [0.717, 1.165) is 10.4 Å². The van der Waals surface area contributed by atoms with Gasteiger partial charge in [-0.1, -0.05) is 11.3 Å². The van der Waals surface area contributed by atoms with Gasteiger partial charge in [0.15, 0.2) is 5.00 Å². The van der Waals surface area contributed by atoms with Crippen LogP contribution in [0.3, 0.4) is 0 Å². The fourth-order valence-corrected chi connectivity index (χ4v) is 4.29. The van der Waals surface area contributed by atoms with E-state index in [1.807, 2.05) is 0 Å². The third-order valence-corrected chi connectivity index (χ3v) is 5.90. The Balaban J connectivity index is 3.09. The van der Waals surface area contributed by atoms with Crippen molar-refractivity contribution in [2.45, 2.75) is 4.21 Å². The molecular formula is C10H17N3O6S2. The molecule has 0 bridgehead atoms. The molecule has 1 aromatic heterocycles. The number of rotatable bonds is 9. The maximum atomic E-state index is 12.5. The summed E-state index contributed by atoms with van der Waals surface area (Å²) in [5.74, 6) is 0. The van der Waals surface area contributed by atoms with Gasteiger partial charge in [-0.3, -0.25) is 10.1 Å². The lowest BCUT2D eigenvalue weighted by atomic mass is 10.5. The molecule has 0 aliphatic carbocycles. The molecule has 0 saturated carbocycles. The lowest BCUT2D eigenvalue weighted by molar-refractivity contribution is -0.383. The molecule has 0 radical (unpaired) electrons. The molecule has 1 rings (SSSR count). The summed E-state index contributed by atoms with van der Waals surface area (Å²) >= 11 is 0.670. The summed E-state index contributed by atoms with van der Waals surface area (Å²) in [6.07, 6.45) is 0. The van der Waals surface area contributed by atoms with E-state index in [4.69, 9.17) is 15.2 Å². The first-order valence-electron chi connectivity index (χ1n) is 5.86. The fraction of sp³-hybridized carbons (Fsp3) is 0.600. The van der Waals surface area contributed by atoms with Crippen LogP contribution >= 0.6 is 11.3 Å². The molecule has 120 valence electrons. The van der Waals surface area contributed by atoms with Crippen LogP contribution in [0.25, 0.3) is 0 Å². The van der Waals surface area contributed by atoms with Gasteiger partial charge in [0.05, 0.1) is 18.1 Å². The minimum absolute atomic E-state index is 0.119. The maximum Gasteiger partial charge on any atom is 0.304 e. The molecule has 0 amide bonds. The van der Waals surface area contributed by atoms with Crippen molar-refractivity contribution >= 4 is 32.0 Å². The minimum atomic E-state index is -3.87. The van der Waals surface area contributed by atoms with Gasteiger partial charge in [0.25, 0.3) is 10.0 Å². The third kappa shape index (κ3) is 4.35. The van der Waals surface area contributed by atoms with E-state index < -0.39 is 20.6 Å². The summed E-state index contributed by atoms with van der Waals surface area (Å²) in [5.41, 5.74) is 5.08. The van der Waals surface area contributed by atoms with Gasteiger partial charge < -0.3 is 15.2 Å². The van der Waals surface area contributed by atoms with Gasteiger partial charge in [0, 0.05) is 33.4 Å². The van der Waals surface area contributed by atoms with E-state index >= 15 is 0 Å². The van der Waals surface area contributed by atoms with Crippen LogP contribution in [0.15, 0.2) is 10.3 Å². The molecule has 0 fully saturated rings. The van der Waals surface area contributed by atoms with E-state index in [0.29, 0.717) is 11.3 Å². The standard InChI is InChI=1S/C10H17N3O6S2/c1-18-5-3-12(4-6-19-2)21(16,17)9-7-8(13(14)15)10(11)20-9/h7H,3-6,11H2,1-2H3. The molecule has 11 heteroatoms. The number of ether oxygens (including phenoxy) is 2. The van der Waals surface area contributed by atoms with Crippen molar-refractivity contribution < 1.29 is 22.8 Å². The quantitative estimate of drug-likeness (QED) is 0.513. The van der Waals surface area contributed by atoms with E-state index in [2.05, 4.69) is 0 Å². The fourth-order valence-electron chi connectivity index (χ4n) is 1.51. The van der Waals surface area contributed by atoms with Crippen LogP contribution in [0.5, 0.6) is 0 Å². The zero-order valence-electron chi connectivity index (χ0n) is 11.6. The van der Waals surface area contributed by atoms with Gasteiger partial charge in [-0.05, 0) is 0 Å². The van der Waals surface area contributed by atoms with Gasteiger partial charge in [-0.25, -0.2) is 8.42 Å². The van der Waals surface area contributed by atoms with E-state index in [9.17, 15) is 18.5 Å².